The summed E-state index contributed by atoms with van der Waals surface area (Å²) in [6.07, 6.45) is 2.30. The molecule has 2 N–H and O–H groups in total. The Morgan fingerprint density at radius 1 is 1.44 bits per heavy atom. The Labute approximate surface area is 95.1 Å². The maximum absolute atomic E-state index is 5.69. The zero-order valence-corrected chi connectivity index (χ0v) is 9.73. The van der Waals surface area contributed by atoms with E-state index in [9.17, 15) is 0 Å². The van der Waals surface area contributed by atoms with E-state index in [4.69, 9.17) is 10.2 Å². The Morgan fingerprint density at radius 2 is 2.25 bits per heavy atom. The summed E-state index contributed by atoms with van der Waals surface area (Å²) < 4.78 is 5.64. The molecule has 4 nitrogen and oxygen atoms in total. The molecule has 2 aromatic rings. The monoisotopic (exact) mass is 219 g/mol. The SMILES string of the molecule is CCCCN(C)c1nc2ccc(N)cc2o1. The maximum atomic E-state index is 5.69. The molecule has 1 aromatic carbocycles. The Bertz CT molecular complexity index is 478. The molecular weight excluding hydrogens is 202 g/mol. The van der Waals surface area contributed by atoms with E-state index in [0.717, 1.165) is 30.5 Å². The molecule has 0 aliphatic heterocycles. The molecule has 0 unspecified atom stereocenters. The standard InChI is InChI=1S/C12H17N3O/c1-3-4-7-15(2)12-14-10-6-5-9(13)8-11(10)16-12/h5-6,8H,3-4,7,13H2,1-2H3. The lowest BCUT2D eigenvalue weighted by molar-refractivity contribution is 0.577. The molecule has 0 bridgehead atoms. The van der Waals surface area contributed by atoms with Crippen molar-refractivity contribution in [3.05, 3.63) is 18.2 Å². The predicted molar refractivity (Wildman–Crippen MR) is 66.6 cm³/mol. The van der Waals surface area contributed by atoms with Crippen LogP contribution in [0.25, 0.3) is 11.1 Å². The molecule has 0 aliphatic rings. The number of oxazole rings is 1. The molecular formula is C12H17N3O. The van der Waals surface area contributed by atoms with Crippen LogP contribution in [0.15, 0.2) is 22.6 Å². The van der Waals surface area contributed by atoms with Gasteiger partial charge in [-0.15, -0.1) is 0 Å². The molecule has 1 aromatic heterocycles. The van der Waals surface area contributed by atoms with Gasteiger partial charge in [-0.25, -0.2) is 0 Å². The molecule has 4 heteroatoms. The Balaban J connectivity index is 2.25. The highest BCUT2D eigenvalue weighted by Gasteiger charge is 2.09. The van der Waals surface area contributed by atoms with Gasteiger partial charge in [-0.3, -0.25) is 0 Å². The number of fused-ring (bicyclic) bond motifs is 1. The van der Waals surface area contributed by atoms with E-state index in [1.165, 1.54) is 0 Å². The highest BCUT2D eigenvalue weighted by atomic mass is 16.4. The number of rotatable bonds is 4. The van der Waals surface area contributed by atoms with Crippen molar-refractivity contribution in [2.45, 2.75) is 19.8 Å². The summed E-state index contributed by atoms with van der Waals surface area (Å²) in [6, 6.07) is 6.18. The van der Waals surface area contributed by atoms with Gasteiger partial charge in [-0.1, -0.05) is 13.3 Å². The molecule has 1 heterocycles. The first-order chi connectivity index (χ1) is 7.70. The molecule has 0 saturated heterocycles. The van der Waals surface area contributed by atoms with E-state index in [2.05, 4.69) is 11.9 Å². The van der Waals surface area contributed by atoms with E-state index in [1.54, 1.807) is 6.07 Å². The van der Waals surface area contributed by atoms with Crippen molar-refractivity contribution in [1.29, 1.82) is 0 Å². The van der Waals surface area contributed by atoms with Gasteiger partial charge >= 0.3 is 0 Å². The summed E-state index contributed by atoms with van der Waals surface area (Å²) in [5.74, 6) is 0. The van der Waals surface area contributed by atoms with Gasteiger partial charge in [0.1, 0.15) is 5.52 Å². The van der Waals surface area contributed by atoms with E-state index >= 15 is 0 Å². The Hall–Kier alpha value is -1.71. The number of nitrogen functional groups attached to an aromatic ring is 1. The predicted octanol–water partition coefficient (Wildman–Crippen LogP) is 2.65. The van der Waals surface area contributed by atoms with E-state index in [1.807, 2.05) is 24.1 Å². The van der Waals surface area contributed by atoms with Crippen LogP contribution in [0.4, 0.5) is 11.7 Å². The normalized spacial score (nSPS) is 10.9. The summed E-state index contributed by atoms with van der Waals surface area (Å²) in [6.45, 7) is 3.12. The van der Waals surface area contributed by atoms with Crippen LogP contribution >= 0.6 is 0 Å². The molecule has 0 fully saturated rings. The molecule has 0 atom stereocenters. The number of benzene rings is 1. The Morgan fingerprint density at radius 3 is 3.00 bits per heavy atom. The van der Waals surface area contributed by atoms with Crippen LogP contribution in [0.3, 0.4) is 0 Å². The average molecular weight is 219 g/mol. The minimum Gasteiger partial charge on any atom is -0.423 e. The third kappa shape index (κ3) is 2.10. The van der Waals surface area contributed by atoms with Crippen molar-refractivity contribution >= 4 is 22.8 Å². The van der Waals surface area contributed by atoms with Crippen LogP contribution in [0.1, 0.15) is 19.8 Å². The largest absolute Gasteiger partial charge is 0.423 e. The first-order valence-electron chi connectivity index (χ1n) is 5.58. The van der Waals surface area contributed by atoms with Crippen molar-refractivity contribution in [2.75, 3.05) is 24.2 Å². The van der Waals surface area contributed by atoms with Gasteiger partial charge in [-0.05, 0) is 18.6 Å². The number of nitrogens with zero attached hydrogens (tertiary/aromatic N) is 2. The lowest BCUT2D eigenvalue weighted by Gasteiger charge is -2.12. The molecule has 0 saturated carbocycles. The summed E-state index contributed by atoms with van der Waals surface area (Å²) in [5, 5.41) is 0. The average Bonchev–Trinajstić information content (AvgIpc) is 2.68. The van der Waals surface area contributed by atoms with E-state index in [0.29, 0.717) is 11.7 Å². The summed E-state index contributed by atoms with van der Waals surface area (Å²) >= 11 is 0. The zero-order chi connectivity index (χ0) is 11.5. The first kappa shape index (κ1) is 10.8. The second kappa shape index (κ2) is 4.43. The van der Waals surface area contributed by atoms with Gasteiger partial charge in [-0.2, -0.15) is 4.98 Å². The number of nitrogens with two attached hydrogens (primary N) is 1. The molecule has 2 rings (SSSR count). The second-order valence-corrected chi connectivity index (χ2v) is 4.00. The van der Waals surface area contributed by atoms with Gasteiger partial charge in [0.25, 0.3) is 6.01 Å². The number of hydrogen-bond acceptors (Lipinski definition) is 4. The van der Waals surface area contributed by atoms with Gasteiger partial charge < -0.3 is 15.1 Å². The van der Waals surface area contributed by atoms with Crippen LogP contribution < -0.4 is 10.6 Å². The third-order valence-corrected chi connectivity index (χ3v) is 2.57. The van der Waals surface area contributed by atoms with E-state index < -0.39 is 0 Å². The topological polar surface area (TPSA) is 55.3 Å². The number of aromatic nitrogens is 1. The molecule has 0 amide bonds. The van der Waals surface area contributed by atoms with Crippen molar-refractivity contribution in [3.63, 3.8) is 0 Å². The van der Waals surface area contributed by atoms with Crippen LogP contribution in [-0.4, -0.2) is 18.6 Å². The zero-order valence-electron chi connectivity index (χ0n) is 9.73. The van der Waals surface area contributed by atoms with Crippen LogP contribution in [0.2, 0.25) is 0 Å². The van der Waals surface area contributed by atoms with E-state index in [-0.39, 0.29) is 0 Å². The summed E-state index contributed by atoms with van der Waals surface area (Å²) in [7, 11) is 1.99. The van der Waals surface area contributed by atoms with Gasteiger partial charge in [0.2, 0.25) is 0 Å². The second-order valence-electron chi connectivity index (χ2n) is 4.00. The highest BCUT2D eigenvalue weighted by molar-refractivity contribution is 5.78. The van der Waals surface area contributed by atoms with Crippen molar-refractivity contribution in [2.24, 2.45) is 0 Å². The number of unbranched alkanes of at least 4 members (excludes halogenated alkanes) is 1. The summed E-state index contributed by atoms with van der Waals surface area (Å²) in [5.41, 5.74) is 7.99. The molecule has 0 aliphatic carbocycles. The number of hydrogen-bond donors (Lipinski definition) is 1. The van der Waals surface area contributed by atoms with Crippen molar-refractivity contribution in [1.82, 2.24) is 4.98 Å². The third-order valence-electron chi connectivity index (χ3n) is 2.57. The fourth-order valence-electron chi connectivity index (χ4n) is 1.58. The molecule has 16 heavy (non-hydrogen) atoms. The lowest BCUT2D eigenvalue weighted by Crippen LogP contribution is -2.18. The van der Waals surface area contributed by atoms with Gasteiger partial charge in [0, 0.05) is 25.3 Å². The fraction of sp³-hybridized carbons (Fsp3) is 0.417. The molecule has 86 valence electrons. The van der Waals surface area contributed by atoms with Crippen LogP contribution in [0.5, 0.6) is 0 Å². The summed E-state index contributed by atoms with van der Waals surface area (Å²) in [4.78, 5) is 6.44. The van der Waals surface area contributed by atoms with Crippen LogP contribution in [0, 0.1) is 0 Å². The molecule has 0 radical (unpaired) electrons. The minimum absolute atomic E-state index is 0.661. The highest BCUT2D eigenvalue weighted by Crippen LogP contribution is 2.23. The van der Waals surface area contributed by atoms with Gasteiger partial charge in [0.05, 0.1) is 0 Å². The molecule has 0 spiro atoms. The smallest absolute Gasteiger partial charge is 0.298 e. The van der Waals surface area contributed by atoms with Crippen molar-refractivity contribution in [3.8, 4) is 0 Å². The Kier molecular flexibility index (Phi) is 2.99. The fourth-order valence-corrected chi connectivity index (χ4v) is 1.58. The van der Waals surface area contributed by atoms with Crippen molar-refractivity contribution < 1.29 is 4.42 Å². The number of anilines is 2. The first-order valence-corrected chi connectivity index (χ1v) is 5.58. The quantitative estimate of drug-likeness (QED) is 0.803. The van der Waals surface area contributed by atoms with Crippen LogP contribution in [-0.2, 0) is 0 Å². The lowest BCUT2D eigenvalue weighted by atomic mass is 10.3. The van der Waals surface area contributed by atoms with Gasteiger partial charge in [0.15, 0.2) is 5.58 Å². The maximum Gasteiger partial charge on any atom is 0.298 e. The minimum atomic E-state index is 0.661.